The van der Waals surface area contributed by atoms with Crippen LogP contribution in [0.25, 0.3) is 137 Å². The molecule has 11 aromatic carbocycles. The molecule has 0 saturated heterocycles. The molecule has 0 N–H and O–H groups in total. The Morgan fingerprint density at radius 1 is 0.319 bits per heavy atom. The first-order valence-corrected chi connectivity index (χ1v) is 23.9. The average molecular weight is 884 g/mol. The van der Waals surface area contributed by atoms with Crippen LogP contribution >= 0.6 is 0 Å². The predicted molar refractivity (Wildman–Crippen MR) is 291 cm³/mol. The number of hydrogen-bond donors (Lipinski definition) is 0. The van der Waals surface area contributed by atoms with Gasteiger partial charge in [-0.15, -0.1) is 0 Å². The van der Waals surface area contributed by atoms with E-state index in [0.717, 1.165) is 82.9 Å². The highest BCUT2D eigenvalue weighted by Crippen LogP contribution is 2.46. The summed E-state index contributed by atoms with van der Waals surface area (Å²) in [5.74, 6) is 0. The molecule has 14 rings (SSSR count). The van der Waals surface area contributed by atoms with Gasteiger partial charge in [0.2, 0.25) is 0 Å². The van der Waals surface area contributed by atoms with Gasteiger partial charge >= 0.3 is 0 Å². The van der Waals surface area contributed by atoms with Gasteiger partial charge < -0.3 is 13.4 Å². The zero-order valence-corrected chi connectivity index (χ0v) is 38.5. The van der Waals surface area contributed by atoms with Gasteiger partial charge in [0.15, 0.2) is 0 Å². The fraction of sp³-hybridized carbons (Fsp3) is 0.0606. The van der Waals surface area contributed by atoms with E-state index < -0.39 is 0 Å². The van der Waals surface area contributed by atoms with Crippen molar-refractivity contribution in [2.24, 2.45) is 0 Å². The largest absolute Gasteiger partial charge is 0.455 e. The first kappa shape index (κ1) is 39.5. The highest BCUT2D eigenvalue weighted by molar-refractivity contribution is 6.22. The Balaban J connectivity index is 0.980. The molecule has 0 saturated carbocycles. The molecule has 0 aliphatic carbocycles. The Hall–Kier alpha value is -8.66. The van der Waals surface area contributed by atoms with Crippen LogP contribution in [-0.4, -0.2) is 4.57 Å². The lowest BCUT2D eigenvalue weighted by atomic mass is 9.81. The lowest BCUT2D eigenvalue weighted by Crippen LogP contribution is -2.10. The molecular weight excluding hydrogens is 839 g/mol. The molecule has 0 atom stereocenters. The van der Waals surface area contributed by atoms with E-state index in [9.17, 15) is 0 Å². The molecule has 0 bridgehead atoms. The SMILES string of the molecule is CC(C)(C)c1ccc2c(-c3ccc(-n4c5ccc(-c6cccc7c6oc6ccccc67)cc5c5cc(-c6cccc7c6oc6ccccc67)ccc54)cc3)c3ccccc3c(-c3ccccc3)c2c1. The van der Waals surface area contributed by atoms with E-state index in [1.165, 1.54) is 60.1 Å². The van der Waals surface area contributed by atoms with Gasteiger partial charge in [0, 0.05) is 49.1 Å². The minimum atomic E-state index is 0.000957. The molecule has 3 heterocycles. The molecule has 3 aromatic heterocycles. The molecule has 0 aliphatic heterocycles. The van der Waals surface area contributed by atoms with Gasteiger partial charge in [0.25, 0.3) is 0 Å². The zero-order valence-electron chi connectivity index (χ0n) is 38.5. The number of hydrogen-bond acceptors (Lipinski definition) is 2. The second-order valence-corrected chi connectivity index (χ2v) is 19.6. The molecule has 3 nitrogen and oxygen atoms in total. The second-order valence-electron chi connectivity index (χ2n) is 19.6. The third kappa shape index (κ3) is 6.07. The number of fused-ring (bicyclic) bond motifs is 11. The maximum Gasteiger partial charge on any atom is 0.143 e. The number of furan rings is 2. The van der Waals surface area contributed by atoms with Crippen LogP contribution < -0.4 is 0 Å². The normalized spacial score (nSPS) is 12.3. The average Bonchev–Trinajstić information content (AvgIpc) is 4.07. The molecule has 0 spiro atoms. The molecule has 0 fully saturated rings. The van der Waals surface area contributed by atoms with Gasteiger partial charge in [-0.25, -0.2) is 0 Å². The van der Waals surface area contributed by atoms with Crippen LogP contribution in [0.1, 0.15) is 26.3 Å². The van der Waals surface area contributed by atoms with E-state index in [1.54, 1.807) is 0 Å². The summed E-state index contributed by atoms with van der Waals surface area (Å²) >= 11 is 0. The molecule has 3 heteroatoms. The topological polar surface area (TPSA) is 31.2 Å². The third-order valence-electron chi connectivity index (χ3n) is 14.6. The maximum absolute atomic E-state index is 6.59. The summed E-state index contributed by atoms with van der Waals surface area (Å²) in [6.45, 7) is 6.90. The highest BCUT2D eigenvalue weighted by Gasteiger charge is 2.22. The Kier molecular flexibility index (Phi) is 8.54. The predicted octanol–water partition coefficient (Wildman–Crippen LogP) is 18.9. The second kappa shape index (κ2) is 14.9. The highest BCUT2D eigenvalue weighted by atomic mass is 16.3. The fourth-order valence-corrected chi connectivity index (χ4v) is 11.2. The number of para-hydroxylation sites is 4. The van der Waals surface area contributed by atoms with Gasteiger partial charge in [0.1, 0.15) is 22.3 Å². The van der Waals surface area contributed by atoms with Crippen molar-refractivity contribution < 1.29 is 8.83 Å². The standard InChI is InChI=1S/C66H45NO2/c1-66(2,3)44-31-34-52-57(39-44)63(40-15-5-4-6-16-40)51-20-8-7-19-50(51)62(52)41-27-32-45(33-28-41)67-58-35-29-42(46-21-13-23-53-48-17-9-11-25-60(48)68-64(46)53)37-55(58)56-38-43(30-36-59(56)67)47-22-14-24-54-49-18-10-12-26-61(49)69-65(47)54/h4-39H,1-3H3. The number of aromatic nitrogens is 1. The smallest absolute Gasteiger partial charge is 0.143 e. The Morgan fingerprint density at radius 3 is 1.32 bits per heavy atom. The Labute approximate surface area is 399 Å². The van der Waals surface area contributed by atoms with Crippen molar-refractivity contribution in [3.63, 3.8) is 0 Å². The quantitative estimate of drug-likeness (QED) is 0.161. The van der Waals surface area contributed by atoms with Gasteiger partial charge in [-0.3, -0.25) is 0 Å². The van der Waals surface area contributed by atoms with Crippen LogP contribution in [0, 0.1) is 0 Å². The molecule has 0 radical (unpaired) electrons. The van der Waals surface area contributed by atoms with E-state index in [2.05, 4.69) is 232 Å². The monoisotopic (exact) mass is 883 g/mol. The van der Waals surface area contributed by atoms with Crippen molar-refractivity contribution in [2.75, 3.05) is 0 Å². The fourth-order valence-electron chi connectivity index (χ4n) is 11.2. The lowest BCUT2D eigenvalue weighted by Gasteiger charge is -2.23. The summed E-state index contributed by atoms with van der Waals surface area (Å²) in [6, 6.07) is 79.6. The number of rotatable bonds is 5. The van der Waals surface area contributed by atoms with Crippen molar-refractivity contribution in [3.05, 3.63) is 224 Å². The molecular formula is C66H45NO2. The van der Waals surface area contributed by atoms with E-state index in [0.29, 0.717) is 0 Å². The molecule has 69 heavy (non-hydrogen) atoms. The van der Waals surface area contributed by atoms with Gasteiger partial charge in [-0.2, -0.15) is 0 Å². The van der Waals surface area contributed by atoms with Gasteiger partial charge in [-0.05, 0) is 121 Å². The number of benzene rings is 11. The first-order chi connectivity index (χ1) is 33.9. The summed E-state index contributed by atoms with van der Waals surface area (Å²) in [4.78, 5) is 0. The van der Waals surface area contributed by atoms with E-state index >= 15 is 0 Å². The molecule has 0 amide bonds. The summed E-state index contributed by atoms with van der Waals surface area (Å²) in [7, 11) is 0. The molecule has 326 valence electrons. The third-order valence-corrected chi connectivity index (χ3v) is 14.6. The lowest BCUT2D eigenvalue weighted by molar-refractivity contribution is 0.591. The molecule has 0 aliphatic rings. The van der Waals surface area contributed by atoms with Gasteiger partial charge in [0.05, 0.1) is 11.0 Å². The van der Waals surface area contributed by atoms with Gasteiger partial charge in [-0.1, -0.05) is 185 Å². The Morgan fingerprint density at radius 2 is 0.768 bits per heavy atom. The zero-order chi connectivity index (χ0) is 46.0. The summed E-state index contributed by atoms with van der Waals surface area (Å²) in [5.41, 5.74) is 17.6. The first-order valence-electron chi connectivity index (χ1n) is 23.9. The molecule has 0 unspecified atom stereocenters. The van der Waals surface area contributed by atoms with Crippen LogP contribution in [0.15, 0.2) is 227 Å². The van der Waals surface area contributed by atoms with E-state index in [4.69, 9.17) is 8.83 Å². The summed E-state index contributed by atoms with van der Waals surface area (Å²) in [6.07, 6.45) is 0. The van der Waals surface area contributed by atoms with Crippen LogP contribution in [0.2, 0.25) is 0 Å². The van der Waals surface area contributed by atoms with Crippen LogP contribution in [-0.2, 0) is 5.41 Å². The maximum atomic E-state index is 6.59. The van der Waals surface area contributed by atoms with Crippen LogP contribution in [0.5, 0.6) is 0 Å². The van der Waals surface area contributed by atoms with E-state index in [-0.39, 0.29) is 5.41 Å². The van der Waals surface area contributed by atoms with Crippen molar-refractivity contribution in [1.29, 1.82) is 0 Å². The minimum Gasteiger partial charge on any atom is -0.455 e. The summed E-state index contributed by atoms with van der Waals surface area (Å²) in [5, 5.41) is 11.9. The van der Waals surface area contributed by atoms with Crippen molar-refractivity contribution in [2.45, 2.75) is 26.2 Å². The number of nitrogens with zero attached hydrogens (tertiary/aromatic N) is 1. The van der Waals surface area contributed by atoms with Crippen molar-refractivity contribution in [1.82, 2.24) is 4.57 Å². The van der Waals surface area contributed by atoms with Crippen molar-refractivity contribution >= 4 is 87.2 Å². The van der Waals surface area contributed by atoms with Crippen LogP contribution in [0.4, 0.5) is 0 Å². The summed E-state index contributed by atoms with van der Waals surface area (Å²) < 4.78 is 15.6. The Bertz CT molecular complexity index is 4210. The van der Waals surface area contributed by atoms with Crippen molar-refractivity contribution in [3.8, 4) is 50.2 Å². The van der Waals surface area contributed by atoms with E-state index in [1.807, 2.05) is 12.1 Å². The minimum absolute atomic E-state index is 0.000957. The van der Waals surface area contributed by atoms with Crippen LogP contribution in [0.3, 0.4) is 0 Å². The molecule has 14 aromatic rings.